The van der Waals surface area contributed by atoms with Crippen LogP contribution in [0.4, 0.5) is 13.2 Å². The van der Waals surface area contributed by atoms with Gasteiger partial charge in [-0.3, -0.25) is 14.0 Å². The number of rotatable bonds is 7. The number of halogens is 3. The molecule has 0 aromatic carbocycles. The van der Waals surface area contributed by atoms with E-state index in [0.29, 0.717) is 25.0 Å². The van der Waals surface area contributed by atoms with Crippen LogP contribution in [0, 0.1) is 0 Å². The normalized spacial score (nSPS) is 14.9. The van der Waals surface area contributed by atoms with Crippen molar-refractivity contribution in [2.75, 3.05) is 12.4 Å². The van der Waals surface area contributed by atoms with E-state index in [-0.39, 0.29) is 27.7 Å². The molecule has 1 aliphatic rings. The second-order valence-corrected chi connectivity index (χ2v) is 9.68. The van der Waals surface area contributed by atoms with Gasteiger partial charge in [0.05, 0.1) is 16.9 Å². The zero-order chi connectivity index (χ0) is 24.0. The molecule has 0 aliphatic heterocycles. The first-order valence-electron chi connectivity index (χ1n) is 10.2. The van der Waals surface area contributed by atoms with Crippen LogP contribution in [-0.4, -0.2) is 45.9 Å². The maximum Gasteiger partial charge on any atom is 0.431 e. The molecule has 9 nitrogen and oxygen atoms in total. The first-order valence-corrected chi connectivity index (χ1v) is 11.8. The number of pyridine rings is 1. The molecule has 0 unspecified atom stereocenters. The van der Waals surface area contributed by atoms with E-state index in [2.05, 4.69) is 15.1 Å². The van der Waals surface area contributed by atoms with Gasteiger partial charge in [-0.25, -0.2) is 18.2 Å². The van der Waals surface area contributed by atoms with Crippen molar-refractivity contribution in [3.8, 4) is 11.4 Å². The van der Waals surface area contributed by atoms with Crippen molar-refractivity contribution < 1.29 is 26.4 Å². The predicted molar refractivity (Wildman–Crippen MR) is 113 cm³/mol. The first-order chi connectivity index (χ1) is 15.6. The van der Waals surface area contributed by atoms with Crippen molar-refractivity contribution in [3.05, 3.63) is 46.3 Å². The first kappa shape index (κ1) is 23.0. The minimum Gasteiger partial charge on any atom is -0.396 e. The summed E-state index contributed by atoms with van der Waals surface area (Å²) in [6.45, 7) is 3.51. The van der Waals surface area contributed by atoms with Crippen LogP contribution in [0.15, 0.2) is 39.4 Å². The van der Waals surface area contributed by atoms with Crippen LogP contribution in [0.2, 0.25) is 0 Å². The van der Waals surface area contributed by atoms with Gasteiger partial charge < -0.3 is 4.84 Å². The van der Waals surface area contributed by atoms with Crippen molar-refractivity contribution in [2.45, 2.75) is 43.8 Å². The number of aromatic nitrogens is 4. The van der Waals surface area contributed by atoms with Crippen molar-refractivity contribution >= 4 is 21.7 Å². The zero-order valence-corrected chi connectivity index (χ0v) is 18.5. The second kappa shape index (κ2) is 8.28. The third kappa shape index (κ3) is 4.36. The lowest BCUT2D eigenvalue weighted by molar-refractivity contribution is -0.144. The smallest absolute Gasteiger partial charge is 0.396 e. The van der Waals surface area contributed by atoms with Crippen molar-refractivity contribution in [1.29, 1.82) is 0 Å². The van der Waals surface area contributed by atoms with Crippen LogP contribution in [-0.2, 0) is 20.9 Å². The molecule has 3 aromatic rings. The van der Waals surface area contributed by atoms with Gasteiger partial charge in [0.1, 0.15) is 29.3 Å². The molecule has 0 saturated heterocycles. The number of oxime groups is 1. The Bertz CT molecular complexity index is 1410. The quantitative estimate of drug-likeness (QED) is 0.378. The lowest BCUT2D eigenvalue weighted by Crippen LogP contribution is -2.31. The molecule has 0 spiro atoms. The van der Waals surface area contributed by atoms with Gasteiger partial charge in [0.2, 0.25) is 0 Å². The highest BCUT2D eigenvalue weighted by Crippen LogP contribution is 2.39. The third-order valence-electron chi connectivity index (χ3n) is 5.11. The average molecular weight is 483 g/mol. The van der Waals surface area contributed by atoms with Gasteiger partial charge in [0, 0.05) is 30.1 Å². The molecular formula is C20H20F3N5O4S. The van der Waals surface area contributed by atoms with Gasteiger partial charge in [-0.05, 0) is 25.8 Å². The van der Waals surface area contributed by atoms with E-state index in [4.69, 9.17) is 4.84 Å². The molecule has 0 N–H and O–H groups in total. The Kier molecular flexibility index (Phi) is 5.76. The monoisotopic (exact) mass is 483 g/mol. The van der Waals surface area contributed by atoms with Crippen LogP contribution in [0.1, 0.15) is 44.0 Å². The largest absolute Gasteiger partial charge is 0.431 e. The maximum absolute atomic E-state index is 13.6. The van der Waals surface area contributed by atoms with E-state index >= 15 is 0 Å². The Balaban J connectivity index is 1.92. The molecular weight excluding hydrogens is 463 g/mol. The summed E-state index contributed by atoms with van der Waals surface area (Å²) in [6.07, 6.45) is 0.0407. The molecule has 1 aliphatic carbocycles. The Morgan fingerprint density at radius 2 is 2.00 bits per heavy atom. The van der Waals surface area contributed by atoms with Gasteiger partial charge in [-0.15, -0.1) is 0 Å². The van der Waals surface area contributed by atoms with Crippen molar-refractivity contribution in [1.82, 2.24) is 18.9 Å². The van der Waals surface area contributed by atoms with E-state index in [1.165, 1.54) is 31.6 Å². The van der Waals surface area contributed by atoms with E-state index in [1.807, 2.05) is 0 Å². The number of hydrogen-bond acceptors (Lipinski definition) is 7. The maximum atomic E-state index is 13.6. The number of hydrogen-bond donors (Lipinski definition) is 0. The molecule has 3 aromatic heterocycles. The van der Waals surface area contributed by atoms with Gasteiger partial charge in [-0.2, -0.15) is 13.2 Å². The predicted octanol–water partition coefficient (Wildman–Crippen LogP) is 3.08. The minimum absolute atomic E-state index is 0.0332. The summed E-state index contributed by atoms with van der Waals surface area (Å²) in [5.74, 6) is -0.242. The van der Waals surface area contributed by atoms with Crippen LogP contribution < -0.4 is 5.69 Å². The van der Waals surface area contributed by atoms with Crippen molar-refractivity contribution in [3.63, 3.8) is 0 Å². The Labute approximate surface area is 186 Å². The van der Waals surface area contributed by atoms with Crippen molar-refractivity contribution in [2.24, 2.45) is 5.16 Å². The Hall–Kier alpha value is -3.22. The molecule has 1 fully saturated rings. The SMILES string of the molecule is CCO/N=C/c1cnc(-c2cn3c(=O)n(C4CC4)c(C(F)(F)F)cc3n2)c(S(=O)(=O)CC)c1. The van der Waals surface area contributed by atoms with E-state index < -0.39 is 33.4 Å². The summed E-state index contributed by atoms with van der Waals surface area (Å²) in [7, 11) is -3.80. The second-order valence-electron chi connectivity index (χ2n) is 7.44. The standard InChI is InChI=1S/C20H20F3N5O4S/c1-3-32-25-10-12-7-15(33(30,31)4-2)18(24-9-12)14-11-27-17(26-14)8-16(20(21,22)23)28(19(27)29)13-5-6-13/h7-11,13H,3-6H2,1-2H3/b25-10+. The summed E-state index contributed by atoms with van der Waals surface area (Å²) in [5.41, 5.74) is -1.98. The fourth-order valence-electron chi connectivity index (χ4n) is 3.37. The summed E-state index contributed by atoms with van der Waals surface area (Å²) in [5, 5.41) is 3.69. The number of imidazole rings is 1. The number of nitrogens with zero attached hydrogens (tertiary/aromatic N) is 5. The highest BCUT2D eigenvalue weighted by atomic mass is 32.2. The molecule has 0 bridgehead atoms. The van der Waals surface area contributed by atoms with Crippen LogP contribution in [0.25, 0.3) is 17.0 Å². The molecule has 0 radical (unpaired) electrons. The fraction of sp³-hybridized carbons (Fsp3) is 0.400. The molecule has 3 heterocycles. The summed E-state index contributed by atoms with van der Waals surface area (Å²) in [6, 6.07) is 1.60. The molecule has 13 heteroatoms. The Morgan fingerprint density at radius 3 is 2.61 bits per heavy atom. The molecule has 176 valence electrons. The number of fused-ring (bicyclic) bond motifs is 1. The summed E-state index contributed by atoms with van der Waals surface area (Å²) < 4.78 is 68.0. The van der Waals surface area contributed by atoms with Gasteiger partial charge in [0.15, 0.2) is 9.84 Å². The third-order valence-corrected chi connectivity index (χ3v) is 6.85. The lowest BCUT2D eigenvalue weighted by atomic mass is 10.2. The van der Waals surface area contributed by atoms with Gasteiger partial charge >= 0.3 is 11.9 Å². The highest BCUT2D eigenvalue weighted by Gasteiger charge is 2.40. The summed E-state index contributed by atoms with van der Waals surface area (Å²) >= 11 is 0. The highest BCUT2D eigenvalue weighted by molar-refractivity contribution is 7.91. The topological polar surface area (TPSA) is 108 Å². The number of sulfone groups is 1. The van der Waals surface area contributed by atoms with Crippen LogP contribution in [0.3, 0.4) is 0 Å². The van der Waals surface area contributed by atoms with Gasteiger partial charge in [0.25, 0.3) is 0 Å². The van der Waals surface area contributed by atoms with E-state index in [9.17, 15) is 26.4 Å². The molecule has 0 atom stereocenters. The number of alkyl halides is 3. The van der Waals surface area contributed by atoms with Crippen LogP contribution in [0.5, 0.6) is 0 Å². The van der Waals surface area contributed by atoms with E-state index in [1.54, 1.807) is 6.92 Å². The van der Waals surface area contributed by atoms with Crippen LogP contribution >= 0.6 is 0 Å². The molecule has 0 amide bonds. The molecule has 1 saturated carbocycles. The minimum atomic E-state index is -4.74. The summed E-state index contributed by atoms with van der Waals surface area (Å²) in [4.78, 5) is 25.9. The molecule has 33 heavy (non-hydrogen) atoms. The Morgan fingerprint density at radius 1 is 1.27 bits per heavy atom. The van der Waals surface area contributed by atoms with Gasteiger partial charge in [-0.1, -0.05) is 12.1 Å². The molecule has 4 rings (SSSR count). The fourth-order valence-corrected chi connectivity index (χ4v) is 4.45. The lowest BCUT2D eigenvalue weighted by Gasteiger charge is -2.14. The average Bonchev–Trinajstić information content (AvgIpc) is 3.50. The zero-order valence-electron chi connectivity index (χ0n) is 17.7. The van der Waals surface area contributed by atoms with E-state index in [0.717, 1.165) is 15.0 Å².